The van der Waals surface area contributed by atoms with Crippen LogP contribution in [0.3, 0.4) is 0 Å². The molecule has 0 spiro atoms. The third-order valence-corrected chi connectivity index (χ3v) is 6.33. The number of carbonyl (C=O) groups excluding carboxylic acids is 1. The van der Waals surface area contributed by atoms with Crippen molar-refractivity contribution >= 4 is 11.9 Å². The summed E-state index contributed by atoms with van der Waals surface area (Å²) < 4.78 is 11.2. The normalized spacial score (nSPS) is 25.0. The number of ether oxygens (including phenoxy) is 2. The van der Waals surface area contributed by atoms with Crippen LogP contribution in [0.1, 0.15) is 25.3 Å². The van der Waals surface area contributed by atoms with E-state index in [-0.39, 0.29) is 5.78 Å². The van der Waals surface area contributed by atoms with Gasteiger partial charge >= 0.3 is 0 Å². The van der Waals surface area contributed by atoms with Crippen LogP contribution < -0.4 is 0 Å². The Bertz CT molecular complexity index is 747. The Balaban J connectivity index is 1.64. The van der Waals surface area contributed by atoms with Gasteiger partial charge in [-0.15, -0.1) is 0 Å². The lowest BCUT2D eigenvalue weighted by Gasteiger charge is -2.42. The summed E-state index contributed by atoms with van der Waals surface area (Å²) in [6, 6.07) is 10.6. The van der Waals surface area contributed by atoms with Gasteiger partial charge in [0.1, 0.15) is 0 Å². The molecular formula is C24H32N2O3. The first kappa shape index (κ1) is 20.2. The molecule has 2 atom stereocenters. The molecule has 4 rings (SSSR count). The third kappa shape index (κ3) is 4.90. The molecule has 0 bridgehead atoms. The summed E-state index contributed by atoms with van der Waals surface area (Å²) in [5.41, 5.74) is 3.80. The summed E-state index contributed by atoms with van der Waals surface area (Å²) in [4.78, 5) is 17.1. The fourth-order valence-corrected chi connectivity index (χ4v) is 4.70. The predicted octanol–water partition coefficient (Wildman–Crippen LogP) is 3.19. The van der Waals surface area contributed by atoms with Gasteiger partial charge < -0.3 is 19.3 Å². The molecule has 2 heterocycles. The van der Waals surface area contributed by atoms with Gasteiger partial charge in [-0.25, -0.2) is 0 Å². The van der Waals surface area contributed by atoms with E-state index in [1.54, 1.807) is 0 Å². The van der Waals surface area contributed by atoms with E-state index in [1.165, 1.54) is 17.0 Å². The van der Waals surface area contributed by atoms with E-state index in [9.17, 15) is 4.79 Å². The lowest BCUT2D eigenvalue weighted by Crippen LogP contribution is -2.43. The summed E-state index contributed by atoms with van der Waals surface area (Å²) in [5, 5.41) is 0. The van der Waals surface area contributed by atoms with Crippen LogP contribution in [0.5, 0.6) is 0 Å². The molecule has 3 aliphatic rings. The monoisotopic (exact) mass is 396 g/mol. The quantitative estimate of drug-likeness (QED) is 0.765. The standard InChI is InChI=1S/C24H32N2O3/c1-19(22-8-7-21(27)18-24(22)26-11-15-29-16-12-26)23(25-9-13-28-14-10-25)17-20-5-3-2-4-6-20/h2-6,17-19,22H,7-16H2,1H3/b23-17-. The lowest BCUT2D eigenvalue weighted by atomic mass is 9.79. The molecule has 0 aromatic heterocycles. The number of benzene rings is 1. The van der Waals surface area contributed by atoms with Crippen LogP contribution in [0.2, 0.25) is 0 Å². The van der Waals surface area contributed by atoms with Gasteiger partial charge in [-0.1, -0.05) is 37.3 Å². The number of rotatable bonds is 5. The van der Waals surface area contributed by atoms with Crippen LogP contribution in [0.4, 0.5) is 0 Å². The number of ketones is 1. The van der Waals surface area contributed by atoms with Gasteiger partial charge in [0.25, 0.3) is 0 Å². The van der Waals surface area contributed by atoms with Crippen molar-refractivity contribution in [3.63, 3.8) is 0 Å². The molecule has 2 saturated heterocycles. The zero-order valence-electron chi connectivity index (χ0n) is 17.4. The number of hydrogen-bond acceptors (Lipinski definition) is 5. The molecule has 0 N–H and O–H groups in total. The van der Waals surface area contributed by atoms with Crippen molar-refractivity contribution in [3.05, 3.63) is 53.4 Å². The smallest absolute Gasteiger partial charge is 0.157 e. The SMILES string of the molecule is CC(/C(=C/c1ccccc1)N1CCOCC1)C1CCC(=O)C=C1N1CCOCC1. The number of nitrogens with zero attached hydrogens (tertiary/aromatic N) is 2. The van der Waals surface area contributed by atoms with Gasteiger partial charge in [-0.2, -0.15) is 0 Å². The van der Waals surface area contributed by atoms with Crippen molar-refractivity contribution in [3.8, 4) is 0 Å². The topological polar surface area (TPSA) is 42.0 Å². The maximum absolute atomic E-state index is 12.3. The van der Waals surface area contributed by atoms with E-state index in [1.807, 2.05) is 6.08 Å². The molecule has 0 amide bonds. The number of allylic oxidation sites excluding steroid dienone is 3. The summed E-state index contributed by atoms with van der Waals surface area (Å²) in [6.45, 7) is 8.94. The molecule has 1 aromatic carbocycles. The van der Waals surface area contributed by atoms with E-state index < -0.39 is 0 Å². The van der Waals surface area contributed by atoms with Gasteiger partial charge in [0, 0.05) is 61.9 Å². The Morgan fingerprint density at radius 3 is 2.38 bits per heavy atom. The molecule has 0 saturated carbocycles. The van der Waals surface area contributed by atoms with Crippen molar-refractivity contribution < 1.29 is 14.3 Å². The van der Waals surface area contributed by atoms with Crippen LogP contribution in [0.15, 0.2) is 47.8 Å². The van der Waals surface area contributed by atoms with Crippen molar-refractivity contribution in [1.82, 2.24) is 9.80 Å². The Hall–Kier alpha value is -2.11. The third-order valence-electron chi connectivity index (χ3n) is 6.33. The molecule has 2 fully saturated rings. The van der Waals surface area contributed by atoms with Crippen LogP contribution in [-0.2, 0) is 14.3 Å². The minimum absolute atomic E-state index is 0.259. The summed E-state index contributed by atoms with van der Waals surface area (Å²) in [5.74, 6) is 0.939. The molecule has 1 aromatic rings. The van der Waals surface area contributed by atoms with Gasteiger partial charge in [0.15, 0.2) is 5.78 Å². The Kier molecular flexibility index (Phi) is 6.67. The Morgan fingerprint density at radius 1 is 1.03 bits per heavy atom. The van der Waals surface area contributed by atoms with Gasteiger partial charge in [-0.05, 0) is 18.1 Å². The first-order valence-electron chi connectivity index (χ1n) is 10.9. The van der Waals surface area contributed by atoms with Crippen LogP contribution in [0.25, 0.3) is 6.08 Å². The fraction of sp³-hybridized carbons (Fsp3) is 0.542. The number of carbonyl (C=O) groups is 1. The highest BCUT2D eigenvalue weighted by Gasteiger charge is 2.34. The van der Waals surface area contributed by atoms with Gasteiger partial charge in [0.2, 0.25) is 0 Å². The first-order chi connectivity index (χ1) is 14.2. The highest BCUT2D eigenvalue weighted by Crippen LogP contribution is 2.38. The highest BCUT2D eigenvalue weighted by atomic mass is 16.5. The average molecular weight is 397 g/mol. The van der Waals surface area contributed by atoms with E-state index in [0.717, 1.165) is 59.0 Å². The van der Waals surface area contributed by atoms with Crippen molar-refractivity contribution in [1.29, 1.82) is 0 Å². The molecule has 5 nitrogen and oxygen atoms in total. The zero-order chi connectivity index (χ0) is 20.1. The summed E-state index contributed by atoms with van der Waals surface area (Å²) in [6.07, 6.45) is 5.81. The lowest BCUT2D eigenvalue weighted by molar-refractivity contribution is -0.115. The van der Waals surface area contributed by atoms with E-state index in [4.69, 9.17) is 9.47 Å². The van der Waals surface area contributed by atoms with E-state index in [0.29, 0.717) is 18.3 Å². The maximum atomic E-state index is 12.3. The number of morpholine rings is 2. The molecule has 5 heteroatoms. The molecule has 156 valence electrons. The molecule has 0 radical (unpaired) electrons. The predicted molar refractivity (Wildman–Crippen MR) is 114 cm³/mol. The summed E-state index contributed by atoms with van der Waals surface area (Å²) >= 11 is 0. The van der Waals surface area contributed by atoms with E-state index in [2.05, 4.69) is 53.1 Å². The fourth-order valence-electron chi connectivity index (χ4n) is 4.70. The Labute approximate surface area is 174 Å². The highest BCUT2D eigenvalue weighted by molar-refractivity contribution is 5.91. The Morgan fingerprint density at radius 2 is 1.69 bits per heavy atom. The molecule has 2 unspecified atom stereocenters. The maximum Gasteiger partial charge on any atom is 0.157 e. The molecule has 2 aliphatic heterocycles. The van der Waals surface area contributed by atoms with Crippen LogP contribution in [0, 0.1) is 11.8 Å². The first-order valence-corrected chi connectivity index (χ1v) is 10.9. The van der Waals surface area contributed by atoms with Crippen LogP contribution in [-0.4, -0.2) is 68.2 Å². The average Bonchev–Trinajstić information content (AvgIpc) is 2.79. The zero-order valence-corrected chi connectivity index (χ0v) is 17.4. The minimum atomic E-state index is 0.259. The van der Waals surface area contributed by atoms with Gasteiger partial charge in [0.05, 0.1) is 26.4 Å². The van der Waals surface area contributed by atoms with Gasteiger partial charge in [-0.3, -0.25) is 4.79 Å². The van der Waals surface area contributed by atoms with Crippen molar-refractivity contribution in [2.24, 2.45) is 11.8 Å². The minimum Gasteiger partial charge on any atom is -0.378 e. The molecule has 29 heavy (non-hydrogen) atoms. The second kappa shape index (κ2) is 9.59. The van der Waals surface area contributed by atoms with Crippen molar-refractivity contribution in [2.75, 3.05) is 52.6 Å². The second-order valence-corrected chi connectivity index (χ2v) is 8.15. The van der Waals surface area contributed by atoms with E-state index >= 15 is 0 Å². The number of hydrogen-bond donors (Lipinski definition) is 0. The van der Waals surface area contributed by atoms with Crippen molar-refractivity contribution in [2.45, 2.75) is 19.8 Å². The molecular weight excluding hydrogens is 364 g/mol. The second-order valence-electron chi connectivity index (χ2n) is 8.15. The largest absolute Gasteiger partial charge is 0.378 e. The summed E-state index contributed by atoms with van der Waals surface area (Å²) in [7, 11) is 0. The molecule has 1 aliphatic carbocycles. The van der Waals surface area contributed by atoms with Crippen LogP contribution >= 0.6 is 0 Å².